The molecule has 0 aliphatic heterocycles. The van der Waals surface area contributed by atoms with Crippen LogP contribution in [0.5, 0.6) is 11.5 Å². The van der Waals surface area contributed by atoms with Crippen LogP contribution in [0.15, 0.2) is 18.3 Å². The molecule has 0 atom stereocenters. The van der Waals surface area contributed by atoms with Crippen molar-refractivity contribution in [2.24, 2.45) is 0 Å². The predicted molar refractivity (Wildman–Crippen MR) is 86.0 cm³/mol. The van der Waals surface area contributed by atoms with Crippen LogP contribution in [0.1, 0.15) is 20.0 Å². The molecule has 0 saturated heterocycles. The van der Waals surface area contributed by atoms with E-state index in [9.17, 15) is 9.59 Å². The number of nitrogens with zero attached hydrogens (tertiary/aromatic N) is 1. The number of nitrogens with one attached hydrogen (secondary N) is 1. The van der Waals surface area contributed by atoms with E-state index < -0.39 is 11.9 Å². The number of methoxy groups -OCH3 is 3. The van der Waals surface area contributed by atoms with E-state index in [4.69, 9.17) is 21.1 Å². The molecule has 2 rings (SSSR count). The molecule has 0 fully saturated rings. The molecule has 0 radical (unpaired) electrons. The summed E-state index contributed by atoms with van der Waals surface area (Å²) < 4.78 is 14.8. The van der Waals surface area contributed by atoms with Gasteiger partial charge >= 0.3 is 5.97 Å². The van der Waals surface area contributed by atoms with Crippen LogP contribution in [-0.4, -0.2) is 38.2 Å². The molecule has 0 saturated carbocycles. The molecular formula is C14H13ClN2O5S. The molecule has 1 heterocycles. The van der Waals surface area contributed by atoms with Gasteiger partial charge in [-0.2, -0.15) is 0 Å². The highest BCUT2D eigenvalue weighted by Gasteiger charge is 2.17. The molecule has 1 aromatic heterocycles. The van der Waals surface area contributed by atoms with E-state index in [1.807, 2.05) is 0 Å². The van der Waals surface area contributed by atoms with Crippen LogP contribution in [0, 0.1) is 0 Å². The van der Waals surface area contributed by atoms with Gasteiger partial charge in [0.2, 0.25) is 0 Å². The van der Waals surface area contributed by atoms with Gasteiger partial charge in [-0.25, -0.2) is 9.78 Å². The van der Waals surface area contributed by atoms with Crippen molar-refractivity contribution in [3.05, 3.63) is 33.8 Å². The number of halogens is 1. The summed E-state index contributed by atoms with van der Waals surface area (Å²) in [5, 5.41) is 3.09. The molecule has 1 N–H and O–H groups in total. The summed E-state index contributed by atoms with van der Waals surface area (Å²) >= 11 is 7.07. The summed E-state index contributed by atoms with van der Waals surface area (Å²) in [6.45, 7) is 0. The number of rotatable bonds is 5. The maximum absolute atomic E-state index is 12.3. The van der Waals surface area contributed by atoms with Crippen molar-refractivity contribution in [2.45, 2.75) is 0 Å². The lowest BCUT2D eigenvalue weighted by atomic mass is 10.2. The average Bonchev–Trinajstić information content (AvgIpc) is 3.01. The van der Waals surface area contributed by atoms with Crippen molar-refractivity contribution < 1.29 is 23.8 Å². The third-order valence-electron chi connectivity index (χ3n) is 2.81. The first kappa shape index (κ1) is 17.0. The number of carbonyl (C=O) groups is 2. The Bertz CT molecular complexity index is 747. The molecule has 122 valence electrons. The third kappa shape index (κ3) is 3.72. The molecule has 0 aliphatic rings. The van der Waals surface area contributed by atoms with Gasteiger partial charge in [-0.05, 0) is 12.1 Å². The number of hydrogen-bond acceptors (Lipinski definition) is 7. The topological polar surface area (TPSA) is 86.8 Å². The average molecular weight is 357 g/mol. The fraction of sp³-hybridized carbons (Fsp3) is 0.214. The monoisotopic (exact) mass is 356 g/mol. The Morgan fingerprint density at radius 3 is 2.57 bits per heavy atom. The summed E-state index contributed by atoms with van der Waals surface area (Å²) in [4.78, 5) is 27.9. The summed E-state index contributed by atoms with van der Waals surface area (Å²) in [5.74, 6) is -0.289. The molecule has 0 spiro atoms. The van der Waals surface area contributed by atoms with E-state index in [0.29, 0.717) is 11.5 Å². The number of anilines is 1. The summed E-state index contributed by atoms with van der Waals surface area (Å²) in [6, 6.07) is 2.95. The Morgan fingerprint density at radius 2 is 1.96 bits per heavy atom. The normalized spacial score (nSPS) is 10.1. The summed E-state index contributed by atoms with van der Waals surface area (Å²) in [6.07, 6.45) is 1.33. The number of thiazole rings is 1. The highest BCUT2D eigenvalue weighted by molar-refractivity contribution is 7.17. The standard InChI is InChI=1S/C14H13ClN2O5S/c1-20-9-5-7(4-8(15)11(9)21-2)12(18)17-14-16-6-10(23-14)13(19)22-3/h4-6H,1-3H3,(H,16,17,18). The number of esters is 1. The molecule has 0 bridgehead atoms. The lowest BCUT2D eigenvalue weighted by molar-refractivity contribution is 0.0606. The second kappa shape index (κ2) is 7.30. The van der Waals surface area contributed by atoms with Gasteiger partial charge in [-0.1, -0.05) is 22.9 Å². The van der Waals surface area contributed by atoms with Gasteiger partial charge in [0, 0.05) is 5.56 Å². The van der Waals surface area contributed by atoms with Gasteiger partial charge in [-0.3, -0.25) is 10.1 Å². The molecule has 0 unspecified atom stereocenters. The Morgan fingerprint density at radius 1 is 1.22 bits per heavy atom. The largest absolute Gasteiger partial charge is 0.493 e. The molecule has 2 aromatic rings. The Kier molecular flexibility index (Phi) is 5.41. The van der Waals surface area contributed by atoms with Crippen LogP contribution in [-0.2, 0) is 4.74 Å². The van der Waals surface area contributed by atoms with Crippen LogP contribution in [0.2, 0.25) is 5.02 Å². The first-order valence-corrected chi connectivity index (χ1v) is 7.46. The third-order valence-corrected chi connectivity index (χ3v) is 3.98. The zero-order valence-electron chi connectivity index (χ0n) is 12.5. The van der Waals surface area contributed by atoms with E-state index in [1.165, 1.54) is 39.7 Å². The number of amides is 1. The SMILES string of the molecule is COC(=O)c1cnc(NC(=O)c2cc(Cl)c(OC)c(OC)c2)s1. The minimum Gasteiger partial charge on any atom is -0.493 e. The van der Waals surface area contributed by atoms with Crippen LogP contribution < -0.4 is 14.8 Å². The van der Waals surface area contributed by atoms with E-state index >= 15 is 0 Å². The maximum atomic E-state index is 12.3. The molecule has 1 amide bonds. The van der Waals surface area contributed by atoms with Gasteiger partial charge in [-0.15, -0.1) is 0 Å². The molecule has 1 aromatic carbocycles. The van der Waals surface area contributed by atoms with Crippen LogP contribution in [0.25, 0.3) is 0 Å². The highest BCUT2D eigenvalue weighted by Crippen LogP contribution is 2.36. The molecular weight excluding hydrogens is 344 g/mol. The van der Waals surface area contributed by atoms with Crippen LogP contribution >= 0.6 is 22.9 Å². The lowest BCUT2D eigenvalue weighted by Crippen LogP contribution is -2.12. The second-order valence-electron chi connectivity index (χ2n) is 4.17. The van der Waals surface area contributed by atoms with Gasteiger partial charge in [0.05, 0.1) is 32.5 Å². The first-order chi connectivity index (χ1) is 11.0. The molecule has 23 heavy (non-hydrogen) atoms. The van der Waals surface area contributed by atoms with Gasteiger partial charge in [0.15, 0.2) is 16.6 Å². The van der Waals surface area contributed by atoms with E-state index in [-0.39, 0.29) is 20.6 Å². The van der Waals surface area contributed by atoms with Crippen LogP contribution in [0.4, 0.5) is 5.13 Å². The van der Waals surface area contributed by atoms with Crippen LogP contribution in [0.3, 0.4) is 0 Å². The van der Waals surface area contributed by atoms with Crippen molar-refractivity contribution in [1.29, 1.82) is 0 Å². The maximum Gasteiger partial charge on any atom is 0.349 e. The number of hydrogen-bond donors (Lipinski definition) is 1. The van der Waals surface area contributed by atoms with E-state index in [1.54, 1.807) is 0 Å². The van der Waals surface area contributed by atoms with Gasteiger partial charge in [0.1, 0.15) is 4.88 Å². The zero-order chi connectivity index (χ0) is 17.0. The molecule has 0 aliphatic carbocycles. The van der Waals surface area contributed by atoms with Crippen molar-refractivity contribution in [3.63, 3.8) is 0 Å². The Balaban J connectivity index is 2.22. The summed E-state index contributed by atoms with van der Waals surface area (Å²) in [7, 11) is 4.17. The fourth-order valence-electron chi connectivity index (χ4n) is 1.75. The smallest absolute Gasteiger partial charge is 0.349 e. The van der Waals surface area contributed by atoms with Crippen molar-refractivity contribution in [3.8, 4) is 11.5 Å². The van der Waals surface area contributed by atoms with Gasteiger partial charge < -0.3 is 14.2 Å². The highest BCUT2D eigenvalue weighted by atomic mass is 35.5. The molecule has 7 nitrogen and oxygen atoms in total. The fourth-order valence-corrected chi connectivity index (χ4v) is 2.76. The minimum absolute atomic E-state index is 0.242. The quantitative estimate of drug-likeness (QED) is 0.829. The number of aromatic nitrogens is 1. The first-order valence-electron chi connectivity index (χ1n) is 6.27. The zero-order valence-corrected chi connectivity index (χ0v) is 14.1. The summed E-state index contributed by atoms with van der Waals surface area (Å²) in [5.41, 5.74) is 0.266. The second-order valence-corrected chi connectivity index (χ2v) is 5.61. The van der Waals surface area contributed by atoms with Crippen molar-refractivity contribution >= 4 is 39.9 Å². The molecule has 9 heteroatoms. The van der Waals surface area contributed by atoms with Crippen molar-refractivity contribution in [1.82, 2.24) is 4.98 Å². The Labute approximate surface area is 141 Å². The van der Waals surface area contributed by atoms with Gasteiger partial charge in [0.25, 0.3) is 5.91 Å². The predicted octanol–water partition coefficient (Wildman–Crippen LogP) is 2.85. The van der Waals surface area contributed by atoms with Crippen molar-refractivity contribution in [2.75, 3.05) is 26.6 Å². The number of carbonyl (C=O) groups excluding carboxylic acids is 2. The number of benzene rings is 1. The lowest BCUT2D eigenvalue weighted by Gasteiger charge is -2.11. The Hall–Kier alpha value is -2.32. The van der Waals surface area contributed by atoms with E-state index in [0.717, 1.165) is 11.3 Å². The van der Waals surface area contributed by atoms with E-state index in [2.05, 4.69) is 15.0 Å². The minimum atomic E-state index is -0.517. The number of ether oxygens (including phenoxy) is 3.